The second-order valence-electron chi connectivity index (χ2n) is 6.25. The number of aromatic nitrogens is 1. The Balaban J connectivity index is 1.89. The van der Waals surface area contributed by atoms with E-state index in [2.05, 4.69) is 9.88 Å². The predicted molar refractivity (Wildman–Crippen MR) is 93.3 cm³/mol. The number of carbonyl (C=O) groups excluding carboxylic acids is 1. The number of hydrogen-bond donors (Lipinski definition) is 2. The average Bonchev–Trinajstić information content (AvgIpc) is 3.30. The Morgan fingerprint density at radius 3 is 2.74 bits per heavy atom. The molecule has 0 bridgehead atoms. The number of carbonyl (C=O) groups is 1. The molecule has 0 spiro atoms. The maximum atomic E-state index is 12.6. The summed E-state index contributed by atoms with van der Waals surface area (Å²) in [5.41, 5.74) is 9.36. The van der Waals surface area contributed by atoms with Crippen molar-refractivity contribution in [2.75, 3.05) is 6.54 Å². The van der Waals surface area contributed by atoms with E-state index in [0.29, 0.717) is 23.0 Å². The zero-order valence-electron chi connectivity index (χ0n) is 13.5. The molecule has 3 rings (SSSR count). The molecule has 1 aliphatic rings. The van der Waals surface area contributed by atoms with Crippen molar-refractivity contribution in [3.63, 3.8) is 0 Å². The van der Waals surface area contributed by atoms with Crippen molar-refractivity contribution in [1.29, 1.82) is 0 Å². The zero-order chi connectivity index (χ0) is 16.6. The summed E-state index contributed by atoms with van der Waals surface area (Å²) < 4.78 is 2.05. The SMILES string of the molecule is Cc1cc(C(=O)NC(CN)C2CC2)c(C)n1-c1cccc(Cl)c1. The molecule has 3 N–H and O–H groups in total. The van der Waals surface area contributed by atoms with E-state index in [1.807, 2.05) is 44.2 Å². The monoisotopic (exact) mass is 331 g/mol. The highest BCUT2D eigenvalue weighted by atomic mass is 35.5. The van der Waals surface area contributed by atoms with Gasteiger partial charge in [-0.1, -0.05) is 17.7 Å². The summed E-state index contributed by atoms with van der Waals surface area (Å²) in [6.07, 6.45) is 2.31. The molecule has 0 radical (unpaired) electrons. The fourth-order valence-electron chi connectivity index (χ4n) is 3.12. The largest absolute Gasteiger partial charge is 0.348 e. The molecule has 1 amide bonds. The Morgan fingerprint density at radius 2 is 2.13 bits per heavy atom. The van der Waals surface area contributed by atoms with E-state index >= 15 is 0 Å². The maximum Gasteiger partial charge on any atom is 0.253 e. The third-order valence-corrected chi connectivity index (χ3v) is 4.74. The van der Waals surface area contributed by atoms with E-state index in [-0.39, 0.29) is 11.9 Å². The highest BCUT2D eigenvalue weighted by Gasteiger charge is 2.32. The summed E-state index contributed by atoms with van der Waals surface area (Å²) in [5, 5.41) is 3.76. The Bertz CT molecular complexity index is 734. The molecule has 2 aromatic rings. The van der Waals surface area contributed by atoms with Gasteiger partial charge in [-0.05, 0) is 56.9 Å². The van der Waals surface area contributed by atoms with Gasteiger partial charge in [-0.15, -0.1) is 0 Å². The number of rotatable bonds is 5. The fourth-order valence-corrected chi connectivity index (χ4v) is 3.30. The third-order valence-electron chi connectivity index (χ3n) is 4.50. The van der Waals surface area contributed by atoms with Gasteiger partial charge < -0.3 is 15.6 Å². The van der Waals surface area contributed by atoms with Gasteiger partial charge in [0.15, 0.2) is 0 Å². The predicted octanol–water partition coefficient (Wildman–Crippen LogP) is 3.21. The number of nitrogens with one attached hydrogen (secondary N) is 1. The maximum absolute atomic E-state index is 12.6. The molecule has 5 heteroatoms. The van der Waals surface area contributed by atoms with Crippen LogP contribution in [-0.4, -0.2) is 23.1 Å². The minimum Gasteiger partial charge on any atom is -0.348 e. The minimum absolute atomic E-state index is 0.0475. The molecule has 1 saturated carbocycles. The van der Waals surface area contributed by atoms with Gasteiger partial charge >= 0.3 is 0 Å². The van der Waals surface area contributed by atoms with E-state index in [4.69, 9.17) is 17.3 Å². The average molecular weight is 332 g/mol. The summed E-state index contributed by atoms with van der Waals surface area (Å²) in [7, 11) is 0. The number of aryl methyl sites for hydroxylation is 1. The highest BCUT2D eigenvalue weighted by molar-refractivity contribution is 6.30. The number of nitrogens with zero attached hydrogens (tertiary/aromatic N) is 1. The van der Waals surface area contributed by atoms with Crippen LogP contribution < -0.4 is 11.1 Å². The van der Waals surface area contributed by atoms with Gasteiger partial charge in [0.25, 0.3) is 5.91 Å². The molecule has 1 fully saturated rings. The Hall–Kier alpha value is -1.78. The van der Waals surface area contributed by atoms with E-state index in [0.717, 1.165) is 29.9 Å². The van der Waals surface area contributed by atoms with Crippen molar-refractivity contribution < 1.29 is 4.79 Å². The minimum atomic E-state index is -0.0475. The van der Waals surface area contributed by atoms with Crippen molar-refractivity contribution in [1.82, 2.24) is 9.88 Å². The van der Waals surface area contributed by atoms with Crippen LogP contribution >= 0.6 is 11.6 Å². The van der Waals surface area contributed by atoms with Crippen molar-refractivity contribution >= 4 is 17.5 Å². The van der Waals surface area contributed by atoms with Gasteiger partial charge in [0.2, 0.25) is 0 Å². The number of nitrogens with two attached hydrogens (primary N) is 1. The van der Waals surface area contributed by atoms with Crippen molar-refractivity contribution in [3.8, 4) is 5.69 Å². The van der Waals surface area contributed by atoms with Gasteiger partial charge in [0.05, 0.1) is 5.56 Å². The molecule has 23 heavy (non-hydrogen) atoms. The molecule has 1 aromatic carbocycles. The number of benzene rings is 1. The summed E-state index contributed by atoms with van der Waals surface area (Å²) >= 11 is 6.09. The van der Waals surface area contributed by atoms with Crippen molar-refractivity contribution in [2.24, 2.45) is 11.7 Å². The molecule has 0 aliphatic heterocycles. The molecule has 0 saturated heterocycles. The molecule has 4 nitrogen and oxygen atoms in total. The van der Waals surface area contributed by atoms with E-state index in [9.17, 15) is 4.79 Å². The number of halogens is 1. The van der Waals surface area contributed by atoms with Crippen molar-refractivity contribution in [3.05, 3.63) is 52.3 Å². The van der Waals surface area contributed by atoms with E-state index in [1.165, 1.54) is 0 Å². The first-order chi connectivity index (χ1) is 11.0. The van der Waals surface area contributed by atoms with Crippen LogP contribution in [0.15, 0.2) is 30.3 Å². The highest BCUT2D eigenvalue weighted by Crippen LogP contribution is 2.32. The smallest absolute Gasteiger partial charge is 0.253 e. The van der Waals surface area contributed by atoms with Crippen LogP contribution in [0.3, 0.4) is 0 Å². The summed E-state index contributed by atoms with van der Waals surface area (Å²) in [6, 6.07) is 9.64. The Labute approximate surface area is 141 Å². The zero-order valence-corrected chi connectivity index (χ0v) is 14.2. The van der Waals surface area contributed by atoms with Gasteiger partial charge in [0.1, 0.15) is 0 Å². The first-order valence-corrected chi connectivity index (χ1v) is 8.35. The van der Waals surface area contributed by atoms with E-state index < -0.39 is 0 Å². The lowest BCUT2D eigenvalue weighted by Gasteiger charge is -2.16. The number of amides is 1. The van der Waals surface area contributed by atoms with Crippen LogP contribution in [0.5, 0.6) is 0 Å². The third kappa shape index (κ3) is 3.28. The van der Waals surface area contributed by atoms with Gasteiger partial charge in [0, 0.05) is 34.7 Å². The lowest BCUT2D eigenvalue weighted by atomic mass is 10.1. The summed E-state index contributed by atoms with van der Waals surface area (Å²) in [4.78, 5) is 12.6. The molecule has 1 atom stereocenters. The topological polar surface area (TPSA) is 60.1 Å². The normalized spacial score (nSPS) is 15.5. The molecule has 1 heterocycles. The van der Waals surface area contributed by atoms with Crippen molar-refractivity contribution in [2.45, 2.75) is 32.7 Å². The number of hydrogen-bond acceptors (Lipinski definition) is 2. The Morgan fingerprint density at radius 1 is 1.39 bits per heavy atom. The lowest BCUT2D eigenvalue weighted by molar-refractivity contribution is 0.0933. The molecule has 1 aliphatic carbocycles. The van der Waals surface area contributed by atoms with Crippen LogP contribution in [0.4, 0.5) is 0 Å². The standard InChI is InChI=1S/C18H22ClN3O/c1-11-8-16(18(23)21-17(10-20)13-6-7-13)12(2)22(11)15-5-3-4-14(19)9-15/h3-5,8-9,13,17H,6-7,10,20H2,1-2H3,(H,21,23). The molecular formula is C18H22ClN3O. The second-order valence-corrected chi connectivity index (χ2v) is 6.69. The summed E-state index contributed by atoms with van der Waals surface area (Å²) in [6.45, 7) is 4.44. The van der Waals surface area contributed by atoms with Crippen LogP contribution in [0.25, 0.3) is 5.69 Å². The van der Waals surface area contributed by atoms with Crippen LogP contribution in [0.2, 0.25) is 5.02 Å². The molecule has 1 unspecified atom stereocenters. The van der Waals surface area contributed by atoms with E-state index in [1.54, 1.807) is 0 Å². The van der Waals surface area contributed by atoms with Crippen LogP contribution in [0, 0.1) is 19.8 Å². The van der Waals surface area contributed by atoms with Gasteiger partial charge in [-0.3, -0.25) is 4.79 Å². The second kappa shape index (κ2) is 6.38. The molecular weight excluding hydrogens is 310 g/mol. The van der Waals surface area contributed by atoms with Crippen LogP contribution in [-0.2, 0) is 0 Å². The fraction of sp³-hybridized carbons (Fsp3) is 0.389. The lowest BCUT2D eigenvalue weighted by Crippen LogP contribution is -2.41. The molecule has 1 aromatic heterocycles. The summed E-state index contributed by atoms with van der Waals surface area (Å²) in [5.74, 6) is 0.495. The van der Waals surface area contributed by atoms with Gasteiger partial charge in [-0.2, -0.15) is 0 Å². The first kappa shape index (κ1) is 16.1. The molecule has 122 valence electrons. The quantitative estimate of drug-likeness (QED) is 0.883. The van der Waals surface area contributed by atoms with Gasteiger partial charge in [-0.25, -0.2) is 0 Å². The Kier molecular flexibility index (Phi) is 4.46. The van der Waals surface area contributed by atoms with Crippen LogP contribution in [0.1, 0.15) is 34.6 Å². The first-order valence-electron chi connectivity index (χ1n) is 7.97.